The van der Waals surface area contributed by atoms with Gasteiger partial charge in [0.15, 0.2) is 0 Å². The van der Waals surface area contributed by atoms with Gasteiger partial charge in [-0.2, -0.15) is 5.10 Å². The third kappa shape index (κ3) is 3.81. The third-order valence-electron chi connectivity index (χ3n) is 4.47. The van der Waals surface area contributed by atoms with Crippen LogP contribution in [0, 0.1) is 0 Å². The standard InChI is InChI=1S/C18H20N6OS/c25-18(17-10-19-7-8-20-17)21-5-3-14-11-23(13-16-2-1-9-26-16)12-15-4-6-22-24(14)15/h1-2,4,6-10,14H,3,5,11-13H2,(H,21,25)/t14-/m1/s1. The Bertz CT molecular complexity index is 848. The van der Waals surface area contributed by atoms with Gasteiger partial charge in [0.05, 0.1) is 17.9 Å². The van der Waals surface area contributed by atoms with Crippen molar-refractivity contribution in [2.24, 2.45) is 0 Å². The maximum absolute atomic E-state index is 12.1. The zero-order valence-corrected chi connectivity index (χ0v) is 15.1. The summed E-state index contributed by atoms with van der Waals surface area (Å²) in [7, 11) is 0. The van der Waals surface area contributed by atoms with E-state index in [1.54, 1.807) is 17.5 Å². The zero-order chi connectivity index (χ0) is 17.8. The van der Waals surface area contributed by atoms with Gasteiger partial charge in [0, 0.05) is 49.6 Å². The van der Waals surface area contributed by atoms with Gasteiger partial charge >= 0.3 is 0 Å². The molecule has 0 aromatic carbocycles. The molecule has 1 aliphatic rings. The lowest BCUT2D eigenvalue weighted by molar-refractivity contribution is 0.0941. The Morgan fingerprint density at radius 3 is 3.08 bits per heavy atom. The van der Waals surface area contributed by atoms with E-state index in [0.29, 0.717) is 12.2 Å². The highest BCUT2D eigenvalue weighted by Crippen LogP contribution is 2.25. The summed E-state index contributed by atoms with van der Waals surface area (Å²) < 4.78 is 2.10. The van der Waals surface area contributed by atoms with E-state index in [9.17, 15) is 4.79 Å². The monoisotopic (exact) mass is 368 g/mol. The van der Waals surface area contributed by atoms with Crippen LogP contribution in [0.15, 0.2) is 48.4 Å². The predicted molar refractivity (Wildman–Crippen MR) is 98.7 cm³/mol. The second-order valence-corrected chi connectivity index (χ2v) is 7.34. The number of amides is 1. The molecular formula is C18H20N6OS. The first-order chi connectivity index (χ1) is 12.8. The van der Waals surface area contributed by atoms with Crippen LogP contribution in [0.4, 0.5) is 0 Å². The molecule has 3 aromatic heterocycles. The first-order valence-corrected chi connectivity index (χ1v) is 9.49. The molecule has 0 saturated heterocycles. The Kier molecular flexibility index (Phi) is 5.03. The van der Waals surface area contributed by atoms with Gasteiger partial charge in [0.25, 0.3) is 5.91 Å². The fourth-order valence-corrected chi connectivity index (χ4v) is 4.03. The smallest absolute Gasteiger partial charge is 0.271 e. The molecule has 134 valence electrons. The van der Waals surface area contributed by atoms with Gasteiger partial charge in [0.1, 0.15) is 5.69 Å². The van der Waals surface area contributed by atoms with E-state index in [1.165, 1.54) is 23.0 Å². The second kappa shape index (κ2) is 7.76. The molecule has 0 saturated carbocycles. The number of thiophene rings is 1. The number of carbonyl (C=O) groups is 1. The van der Waals surface area contributed by atoms with Gasteiger partial charge in [-0.25, -0.2) is 4.98 Å². The predicted octanol–water partition coefficient (Wildman–Crippen LogP) is 2.11. The van der Waals surface area contributed by atoms with Crippen molar-refractivity contribution < 1.29 is 4.79 Å². The summed E-state index contributed by atoms with van der Waals surface area (Å²) in [5, 5.41) is 9.53. The van der Waals surface area contributed by atoms with E-state index in [-0.39, 0.29) is 11.9 Å². The number of hydrogen-bond acceptors (Lipinski definition) is 6. The molecule has 4 rings (SSSR count). The van der Waals surface area contributed by atoms with Crippen molar-refractivity contribution in [1.82, 2.24) is 30.0 Å². The van der Waals surface area contributed by atoms with Crippen LogP contribution in [0.5, 0.6) is 0 Å². The highest BCUT2D eigenvalue weighted by Gasteiger charge is 2.25. The molecule has 0 unspecified atom stereocenters. The minimum Gasteiger partial charge on any atom is -0.351 e. The number of nitrogens with zero attached hydrogens (tertiary/aromatic N) is 5. The minimum absolute atomic E-state index is 0.190. The lowest BCUT2D eigenvalue weighted by Crippen LogP contribution is -2.38. The van der Waals surface area contributed by atoms with Gasteiger partial charge in [-0.3, -0.25) is 19.4 Å². The molecule has 1 atom stereocenters. The van der Waals surface area contributed by atoms with E-state index in [2.05, 4.69) is 53.5 Å². The van der Waals surface area contributed by atoms with Crippen LogP contribution in [0.3, 0.4) is 0 Å². The Morgan fingerprint density at radius 2 is 2.27 bits per heavy atom. The second-order valence-electron chi connectivity index (χ2n) is 6.31. The Morgan fingerprint density at radius 1 is 1.31 bits per heavy atom. The van der Waals surface area contributed by atoms with Gasteiger partial charge in [-0.15, -0.1) is 11.3 Å². The van der Waals surface area contributed by atoms with E-state index in [0.717, 1.165) is 26.1 Å². The van der Waals surface area contributed by atoms with Gasteiger partial charge in [-0.05, 0) is 23.9 Å². The molecule has 4 heterocycles. The summed E-state index contributed by atoms with van der Waals surface area (Å²) in [5.74, 6) is -0.190. The highest BCUT2D eigenvalue weighted by atomic mass is 32.1. The molecule has 8 heteroatoms. The molecule has 0 radical (unpaired) electrons. The normalized spacial score (nSPS) is 17.0. The van der Waals surface area contributed by atoms with Crippen molar-refractivity contribution in [3.05, 3.63) is 64.6 Å². The number of hydrogen-bond donors (Lipinski definition) is 1. The SMILES string of the molecule is O=C(NCC[C@@H]1CN(Cc2cccs2)Cc2ccnn21)c1cnccn1. The van der Waals surface area contributed by atoms with Gasteiger partial charge in [0.2, 0.25) is 0 Å². The first kappa shape index (κ1) is 16.9. The van der Waals surface area contributed by atoms with Gasteiger partial charge < -0.3 is 5.32 Å². The van der Waals surface area contributed by atoms with E-state index >= 15 is 0 Å². The van der Waals surface area contributed by atoms with Crippen molar-refractivity contribution >= 4 is 17.2 Å². The molecule has 7 nitrogen and oxygen atoms in total. The summed E-state index contributed by atoms with van der Waals surface area (Å²) in [6.45, 7) is 3.35. The van der Waals surface area contributed by atoms with Crippen molar-refractivity contribution in [3.8, 4) is 0 Å². The van der Waals surface area contributed by atoms with Crippen LogP contribution in [0.25, 0.3) is 0 Å². The summed E-state index contributed by atoms with van der Waals surface area (Å²) in [4.78, 5) is 23.9. The molecule has 0 aliphatic carbocycles. The van der Waals surface area contributed by atoms with Crippen LogP contribution in [0.1, 0.15) is 33.5 Å². The minimum atomic E-state index is -0.190. The van der Waals surface area contributed by atoms with Crippen LogP contribution in [-0.4, -0.2) is 43.6 Å². The molecule has 1 N–H and O–H groups in total. The Labute approximate surface area is 155 Å². The quantitative estimate of drug-likeness (QED) is 0.721. The van der Waals surface area contributed by atoms with Crippen LogP contribution < -0.4 is 5.32 Å². The fraction of sp³-hybridized carbons (Fsp3) is 0.333. The number of aromatic nitrogens is 4. The Balaban J connectivity index is 1.37. The summed E-state index contributed by atoms with van der Waals surface area (Å²) in [6.07, 6.45) is 7.23. The average molecular weight is 368 g/mol. The van der Waals surface area contributed by atoms with E-state index in [1.807, 2.05) is 6.20 Å². The lowest BCUT2D eigenvalue weighted by Gasteiger charge is -2.33. The summed E-state index contributed by atoms with van der Waals surface area (Å²) in [5.41, 5.74) is 1.56. The van der Waals surface area contributed by atoms with E-state index in [4.69, 9.17) is 0 Å². The summed E-state index contributed by atoms with van der Waals surface area (Å²) >= 11 is 1.79. The van der Waals surface area contributed by atoms with Crippen molar-refractivity contribution in [2.45, 2.75) is 25.6 Å². The molecule has 26 heavy (non-hydrogen) atoms. The zero-order valence-electron chi connectivity index (χ0n) is 14.3. The van der Waals surface area contributed by atoms with Crippen molar-refractivity contribution in [3.63, 3.8) is 0 Å². The Hall–Kier alpha value is -2.58. The van der Waals surface area contributed by atoms with Crippen molar-refractivity contribution in [1.29, 1.82) is 0 Å². The molecule has 0 spiro atoms. The topological polar surface area (TPSA) is 75.9 Å². The molecule has 1 aliphatic heterocycles. The molecule has 1 amide bonds. The fourth-order valence-electron chi connectivity index (χ4n) is 3.28. The highest BCUT2D eigenvalue weighted by molar-refractivity contribution is 7.09. The van der Waals surface area contributed by atoms with Crippen LogP contribution in [-0.2, 0) is 13.1 Å². The largest absolute Gasteiger partial charge is 0.351 e. The van der Waals surface area contributed by atoms with Gasteiger partial charge in [-0.1, -0.05) is 6.07 Å². The first-order valence-electron chi connectivity index (χ1n) is 8.61. The molecule has 0 bridgehead atoms. The maximum Gasteiger partial charge on any atom is 0.271 e. The molecular weight excluding hydrogens is 348 g/mol. The lowest BCUT2D eigenvalue weighted by atomic mass is 10.1. The third-order valence-corrected chi connectivity index (χ3v) is 5.33. The number of rotatable bonds is 6. The van der Waals surface area contributed by atoms with Crippen LogP contribution in [0.2, 0.25) is 0 Å². The number of nitrogens with one attached hydrogen (secondary N) is 1. The van der Waals surface area contributed by atoms with Crippen molar-refractivity contribution in [2.75, 3.05) is 13.1 Å². The maximum atomic E-state index is 12.1. The van der Waals surface area contributed by atoms with Crippen LogP contribution >= 0.6 is 11.3 Å². The number of carbonyl (C=O) groups excluding carboxylic acids is 1. The number of fused-ring (bicyclic) bond motifs is 1. The summed E-state index contributed by atoms with van der Waals surface area (Å²) in [6, 6.07) is 6.59. The molecule has 3 aromatic rings. The average Bonchev–Trinajstić information content (AvgIpc) is 3.34. The molecule has 0 fully saturated rings. The van der Waals surface area contributed by atoms with E-state index < -0.39 is 0 Å².